The van der Waals surface area contributed by atoms with Gasteiger partial charge in [0, 0.05) is 0 Å². The largest absolute Gasteiger partial charge is 0.456 e. The smallest absolute Gasteiger partial charge is 0.330 e. The molecule has 1 fully saturated rings. The van der Waals surface area contributed by atoms with Crippen molar-refractivity contribution < 1.29 is 19.7 Å². The molecule has 0 bridgehead atoms. The van der Waals surface area contributed by atoms with Crippen molar-refractivity contribution in [1.82, 2.24) is 0 Å². The van der Waals surface area contributed by atoms with Crippen molar-refractivity contribution in [2.45, 2.75) is 24.0 Å². The lowest BCUT2D eigenvalue weighted by atomic mass is 10.0. The van der Waals surface area contributed by atoms with E-state index in [2.05, 4.69) is 4.74 Å². The third kappa shape index (κ3) is 1.21. The first-order chi connectivity index (χ1) is 5.00. The summed E-state index contributed by atoms with van der Waals surface area (Å²) in [6.07, 6.45) is -2.02. The molecule has 5 heteroatoms. The molecule has 2 unspecified atom stereocenters. The molecule has 2 N–H and O–H groups in total. The quantitative estimate of drug-likeness (QED) is 0.412. The number of rotatable bonds is 1. The number of hydrogen-bond acceptors (Lipinski definition) is 4. The van der Waals surface area contributed by atoms with Gasteiger partial charge in [0.2, 0.25) is 0 Å². The van der Waals surface area contributed by atoms with Crippen LogP contribution in [0.15, 0.2) is 0 Å². The van der Waals surface area contributed by atoms with E-state index in [1.165, 1.54) is 6.92 Å². The minimum absolute atomic E-state index is 0.408. The van der Waals surface area contributed by atoms with E-state index in [0.717, 1.165) is 0 Å². The highest BCUT2D eigenvalue weighted by Gasteiger charge is 2.52. The topological polar surface area (TPSA) is 66.8 Å². The van der Waals surface area contributed by atoms with Crippen molar-refractivity contribution >= 4 is 17.6 Å². The van der Waals surface area contributed by atoms with E-state index in [0.29, 0.717) is 0 Å². The highest BCUT2D eigenvalue weighted by Crippen LogP contribution is 2.31. The Labute approximate surface area is 68.7 Å². The lowest BCUT2D eigenvalue weighted by Gasteiger charge is -2.15. The molecule has 1 rings (SSSR count). The van der Waals surface area contributed by atoms with E-state index in [9.17, 15) is 9.90 Å². The van der Waals surface area contributed by atoms with Crippen LogP contribution in [0.4, 0.5) is 0 Å². The van der Waals surface area contributed by atoms with Crippen molar-refractivity contribution in [3.8, 4) is 0 Å². The second kappa shape index (κ2) is 2.62. The molecule has 1 aliphatic heterocycles. The van der Waals surface area contributed by atoms with Crippen LogP contribution < -0.4 is 0 Å². The normalized spacial score (nSPS) is 44.2. The van der Waals surface area contributed by atoms with Crippen LogP contribution in [0.5, 0.6) is 0 Å². The number of aliphatic hydroxyl groups is 2. The molecule has 0 aromatic rings. The van der Waals surface area contributed by atoms with E-state index in [4.69, 9.17) is 16.7 Å². The molecular formula is C6H9ClO4. The minimum Gasteiger partial charge on any atom is -0.456 e. The van der Waals surface area contributed by atoms with Gasteiger partial charge in [0.05, 0.1) is 6.61 Å². The molecule has 0 saturated carbocycles. The van der Waals surface area contributed by atoms with E-state index >= 15 is 0 Å². The van der Waals surface area contributed by atoms with Crippen molar-refractivity contribution in [3.63, 3.8) is 0 Å². The summed E-state index contributed by atoms with van der Waals surface area (Å²) in [6.45, 7) is 0.951. The van der Waals surface area contributed by atoms with Gasteiger partial charge in [-0.15, -0.1) is 11.6 Å². The molecule has 0 spiro atoms. The van der Waals surface area contributed by atoms with E-state index in [-0.39, 0.29) is 0 Å². The van der Waals surface area contributed by atoms with Gasteiger partial charge in [-0.25, -0.2) is 0 Å². The third-order valence-corrected chi connectivity index (χ3v) is 2.12. The zero-order valence-corrected chi connectivity index (χ0v) is 6.71. The highest BCUT2D eigenvalue weighted by molar-refractivity contribution is 6.34. The Balaban J connectivity index is 2.80. The number of carbonyl (C=O) groups is 1. The van der Waals surface area contributed by atoms with Crippen LogP contribution in [0.3, 0.4) is 0 Å². The van der Waals surface area contributed by atoms with Gasteiger partial charge < -0.3 is 14.9 Å². The number of esters is 1. The number of halogens is 1. The first-order valence-corrected chi connectivity index (χ1v) is 3.57. The molecule has 0 aliphatic carbocycles. The second-order valence-electron chi connectivity index (χ2n) is 2.65. The summed E-state index contributed by atoms with van der Waals surface area (Å²) in [5.74, 6) is -0.689. The predicted octanol–water partition coefficient (Wildman–Crippen LogP) is -0.738. The number of aliphatic hydroxyl groups excluding tert-OH is 2. The Morgan fingerprint density at radius 2 is 2.36 bits per heavy atom. The zero-order valence-electron chi connectivity index (χ0n) is 5.95. The fourth-order valence-corrected chi connectivity index (χ4v) is 1.11. The van der Waals surface area contributed by atoms with Crippen molar-refractivity contribution in [2.75, 3.05) is 6.61 Å². The molecule has 0 aromatic heterocycles. The Hall–Kier alpha value is -0.320. The molecule has 0 aromatic carbocycles. The van der Waals surface area contributed by atoms with Gasteiger partial charge in [-0.3, -0.25) is 4.79 Å². The SMILES string of the molecule is C[C@]1(Cl)C(=O)OC(CO)C1O. The van der Waals surface area contributed by atoms with Crippen molar-refractivity contribution in [3.05, 3.63) is 0 Å². The lowest BCUT2D eigenvalue weighted by molar-refractivity contribution is -0.144. The fourth-order valence-electron chi connectivity index (χ4n) is 0.924. The average molecular weight is 181 g/mol. The van der Waals surface area contributed by atoms with Gasteiger partial charge >= 0.3 is 5.97 Å². The minimum atomic E-state index is -1.41. The highest BCUT2D eigenvalue weighted by atomic mass is 35.5. The number of ether oxygens (including phenoxy) is 1. The van der Waals surface area contributed by atoms with Gasteiger partial charge in [-0.1, -0.05) is 0 Å². The number of carbonyl (C=O) groups excluding carboxylic acids is 1. The summed E-state index contributed by atoms with van der Waals surface area (Å²) < 4.78 is 4.57. The Bertz CT molecular complexity index is 179. The summed E-state index contributed by atoms with van der Waals surface area (Å²) >= 11 is 5.61. The van der Waals surface area contributed by atoms with Gasteiger partial charge in [-0.2, -0.15) is 0 Å². The van der Waals surface area contributed by atoms with E-state index < -0.39 is 29.7 Å². The first kappa shape index (κ1) is 8.77. The van der Waals surface area contributed by atoms with E-state index in [1.54, 1.807) is 0 Å². The lowest BCUT2D eigenvalue weighted by Crippen LogP contribution is -2.39. The monoisotopic (exact) mass is 180 g/mol. The summed E-state index contributed by atoms with van der Waals surface area (Å²) in [5.41, 5.74) is 0. The van der Waals surface area contributed by atoms with Gasteiger partial charge in [0.1, 0.15) is 6.10 Å². The Morgan fingerprint density at radius 1 is 1.82 bits per heavy atom. The molecule has 1 aliphatic rings. The van der Waals surface area contributed by atoms with Crippen molar-refractivity contribution in [2.24, 2.45) is 0 Å². The standard InChI is InChI=1S/C6H9ClO4/c1-6(7)4(9)3(2-8)11-5(6)10/h3-4,8-9H,2H2,1H3/t3?,4?,6-/m1/s1. The van der Waals surface area contributed by atoms with Gasteiger partial charge in [0.15, 0.2) is 11.0 Å². The average Bonchev–Trinajstić information content (AvgIpc) is 2.14. The molecule has 1 heterocycles. The molecule has 0 amide bonds. The van der Waals surface area contributed by atoms with Gasteiger partial charge in [0.25, 0.3) is 0 Å². The maximum absolute atomic E-state index is 10.9. The Kier molecular flexibility index (Phi) is 2.09. The molecule has 0 radical (unpaired) electrons. The number of cyclic esters (lactones) is 1. The predicted molar refractivity (Wildman–Crippen MR) is 37.2 cm³/mol. The van der Waals surface area contributed by atoms with Crippen LogP contribution in [-0.2, 0) is 9.53 Å². The van der Waals surface area contributed by atoms with Crippen LogP contribution >= 0.6 is 11.6 Å². The summed E-state index contributed by atoms with van der Waals surface area (Å²) in [7, 11) is 0. The van der Waals surface area contributed by atoms with Crippen LogP contribution in [0, 0.1) is 0 Å². The maximum Gasteiger partial charge on any atom is 0.330 e. The fraction of sp³-hybridized carbons (Fsp3) is 0.833. The van der Waals surface area contributed by atoms with Crippen LogP contribution in [0.2, 0.25) is 0 Å². The molecular weight excluding hydrogens is 172 g/mol. The maximum atomic E-state index is 10.9. The third-order valence-electron chi connectivity index (χ3n) is 1.75. The van der Waals surface area contributed by atoms with Gasteiger partial charge in [-0.05, 0) is 6.92 Å². The first-order valence-electron chi connectivity index (χ1n) is 3.19. The van der Waals surface area contributed by atoms with Crippen LogP contribution in [0.1, 0.15) is 6.92 Å². The van der Waals surface area contributed by atoms with Crippen molar-refractivity contribution in [1.29, 1.82) is 0 Å². The molecule has 11 heavy (non-hydrogen) atoms. The summed E-state index contributed by atoms with van der Waals surface area (Å²) in [6, 6.07) is 0. The molecule has 4 nitrogen and oxygen atoms in total. The summed E-state index contributed by atoms with van der Waals surface area (Å²) in [4.78, 5) is 9.44. The van der Waals surface area contributed by atoms with Crippen LogP contribution in [0.25, 0.3) is 0 Å². The number of alkyl halides is 1. The molecule has 1 saturated heterocycles. The zero-order chi connectivity index (χ0) is 8.65. The Morgan fingerprint density at radius 3 is 2.55 bits per heavy atom. The van der Waals surface area contributed by atoms with Crippen LogP contribution in [-0.4, -0.2) is 39.9 Å². The number of hydrogen-bond donors (Lipinski definition) is 2. The van der Waals surface area contributed by atoms with E-state index in [1.807, 2.05) is 0 Å². The molecule has 3 atom stereocenters. The molecule has 64 valence electrons. The second-order valence-corrected chi connectivity index (χ2v) is 3.43. The summed E-state index contributed by atoms with van der Waals surface area (Å²) in [5, 5.41) is 17.8.